The molecule has 0 fully saturated rings. The minimum atomic E-state index is -0.241. The molecule has 3 aromatic rings. The van der Waals surface area contributed by atoms with Gasteiger partial charge in [0.05, 0.1) is 23.1 Å². The topological polar surface area (TPSA) is 99.8 Å². The van der Waals surface area contributed by atoms with Crippen molar-refractivity contribution in [3.63, 3.8) is 0 Å². The lowest BCUT2D eigenvalue weighted by Crippen LogP contribution is -2.04. The van der Waals surface area contributed by atoms with Gasteiger partial charge in [0, 0.05) is 31.1 Å². The fourth-order valence-electron chi connectivity index (χ4n) is 2.73. The molecule has 0 amide bonds. The average Bonchev–Trinajstić information content (AvgIpc) is 2.73. The van der Waals surface area contributed by atoms with Crippen molar-refractivity contribution in [2.45, 2.75) is 32.1 Å². The van der Waals surface area contributed by atoms with Crippen LogP contribution in [0, 0.1) is 5.41 Å². The van der Waals surface area contributed by atoms with Gasteiger partial charge in [0.15, 0.2) is 5.82 Å². The van der Waals surface area contributed by atoms with Crippen LogP contribution in [0.2, 0.25) is 0 Å². The fourth-order valence-corrected chi connectivity index (χ4v) is 2.85. The van der Waals surface area contributed by atoms with E-state index in [4.69, 9.17) is 17.0 Å². The molecule has 1 unspecified atom stereocenters. The van der Waals surface area contributed by atoms with Gasteiger partial charge >= 0.3 is 0 Å². The zero-order chi connectivity index (χ0) is 20.6. The first kappa shape index (κ1) is 20.8. The smallest absolute Gasteiger partial charge is 0.154 e. The van der Waals surface area contributed by atoms with Gasteiger partial charge in [-0.1, -0.05) is 13.8 Å². The van der Waals surface area contributed by atoms with Gasteiger partial charge in [-0.2, -0.15) is 5.10 Å². The number of nitrogens with zero attached hydrogens (tertiary/aromatic N) is 5. The Morgan fingerprint density at radius 3 is 2.76 bits per heavy atom. The minimum Gasteiger partial charge on any atom is -0.323 e. The van der Waals surface area contributed by atoms with E-state index in [-0.39, 0.29) is 5.92 Å². The molecule has 0 bridgehead atoms. The van der Waals surface area contributed by atoms with Crippen LogP contribution >= 0.6 is 11.6 Å². The molecule has 3 aromatic heterocycles. The number of rotatable bonds is 9. The number of anilines is 2. The normalized spacial score (nSPS) is 12.6. The van der Waals surface area contributed by atoms with Crippen molar-refractivity contribution in [3.8, 4) is 0 Å². The summed E-state index contributed by atoms with van der Waals surface area (Å²) < 4.78 is 0. The molecule has 0 saturated heterocycles. The van der Waals surface area contributed by atoms with Crippen LogP contribution in [0.15, 0.2) is 41.7 Å². The molecule has 0 saturated carbocycles. The second kappa shape index (κ2) is 10.0. The van der Waals surface area contributed by atoms with E-state index in [1.54, 1.807) is 18.6 Å². The van der Waals surface area contributed by atoms with Crippen molar-refractivity contribution in [2.24, 2.45) is 4.99 Å². The molecule has 2 N–H and O–H groups in total. The Morgan fingerprint density at radius 2 is 2.00 bits per heavy atom. The maximum absolute atomic E-state index is 7.71. The van der Waals surface area contributed by atoms with Crippen molar-refractivity contribution in [1.82, 2.24) is 20.2 Å². The molecule has 29 heavy (non-hydrogen) atoms. The van der Waals surface area contributed by atoms with Gasteiger partial charge in [-0.3, -0.25) is 9.98 Å². The number of aromatic nitrogens is 4. The van der Waals surface area contributed by atoms with Crippen LogP contribution in [0.3, 0.4) is 0 Å². The van der Waals surface area contributed by atoms with E-state index in [2.05, 4.69) is 44.3 Å². The third kappa shape index (κ3) is 5.54. The van der Waals surface area contributed by atoms with E-state index < -0.39 is 0 Å². The highest BCUT2D eigenvalue weighted by Crippen LogP contribution is 2.21. The summed E-state index contributed by atoms with van der Waals surface area (Å²) in [7, 11) is 0. The second-order valence-corrected chi connectivity index (χ2v) is 7.33. The molecule has 0 spiro atoms. The maximum Gasteiger partial charge on any atom is 0.154 e. The summed E-state index contributed by atoms with van der Waals surface area (Å²) in [6.07, 6.45) is 7.46. The molecule has 0 radical (unpaired) electrons. The van der Waals surface area contributed by atoms with Crippen LogP contribution < -0.4 is 5.32 Å². The first-order valence-corrected chi connectivity index (χ1v) is 10.1. The first-order valence-electron chi connectivity index (χ1n) is 9.53. The van der Waals surface area contributed by atoms with Crippen molar-refractivity contribution in [1.29, 1.82) is 5.41 Å². The lowest BCUT2D eigenvalue weighted by atomic mass is 10.0. The SMILES string of the molecule is CC(C)c1cnnc(Nc2ccc3ncc(C(C=N)C=NCCCCl)cc3n2)c1. The van der Waals surface area contributed by atoms with Gasteiger partial charge < -0.3 is 10.7 Å². The van der Waals surface area contributed by atoms with E-state index >= 15 is 0 Å². The molecule has 8 heteroatoms. The monoisotopic (exact) mass is 409 g/mol. The number of aliphatic imine (C=N–C) groups is 1. The number of hydrogen-bond acceptors (Lipinski definition) is 7. The second-order valence-electron chi connectivity index (χ2n) is 6.95. The van der Waals surface area contributed by atoms with Gasteiger partial charge in [-0.15, -0.1) is 16.7 Å². The number of hydrogen-bond donors (Lipinski definition) is 2. The Labute approximate surface area is 175 Å². The lowest BCUT2D eigenvalue weighted by Gasteiger charge is -2.10. The van der Waals surface area contributed by atoms with Crippen molar-refractivity contribution in [3.05, 3.63) is 47.8 Å². The zero-order valence-electron chi connectivity index (χ0n) is 16.5. The van der Waals surface area contributed by atoms with E-state index in [0.717, 1.165) is 28.6 Å². The molecule has 0 aliphatic heterocycles. The summed E-state index contributed by atoms with van der Waals surface area (Å²) in [5.41, 5.74) is 3.49. The number of nitrogens with one attached hydrogen (secondary N) is 2. The Bertz CT molecular complexity index is 1000. The van der Waals surface area contributed by atoms with E-state index in [1.807, 2.05) is 24.3 Å². The van der Waals surface area contributed by atoms with Crippen molar-refractivity contribution in [2.75, 3.05) is 17.7 Å². The average molecular weight is 410 g/mol. The summed E-state index contributed by atoms with van der Waals surface area (Å²) in [6, 6.07) is 7.68. The summed E-state index contributed by atoms with van der Waals surface area (Å²) >= 11 is 5.68. The van der Waals surface area contributed by atoms with Gasteiger partial charge in [0.1, 0.15) is 5.82 Å². The summed E-state index contributed by atoms with van der Waals surface area (Å²) in [4.78, 5) is 13.5. The highest BCUT2D eigenvalue weighted by atomic mass is 35.5. The van der Waals surface area contributed by atoms with Gasteiger partial charge in [0.25, 0.3) is 0 Å². The molecule has 0 aliphatic carbocycles. The van der Waals surface area contributed by atoms with Crippen LogP contribution in [-0.4, -0.2) is 45.0 Å². The predicted molar refractivity (Wildman–Crippen MR) is 119 cm³/mol. The molecule has 3 rings (SSSR count). The summed E-state index contributed by atoms with van der Waals surface area (Å²) in [6.45, 7) is 4.87. The summed E-state index contributed by atoms with van der Waals surface area (Å²) in [5, 5.41) is 19.1. The Morgan fingerprint density at radius 1 is 1.14 bits per heavy atom. The predicted octanol–water partition coefficient (Wildman–Crippen LogP) is 4.72. The first-order chi connectivity index (χ1) is 14.1. The quantitative estimate of drug-likeness (QED) is 0.302. The van der Waals surface area contributed by atoms with Crippen molar-refractivity contribution < 1.29 is 0 Å². The fraction of sp³-hybridized carbons (Fsp3) is 0.333. The molecule has 0 aliphatic rings. The zero-order valence-corrected chi connectivity index (χ0v) is 17.3. The van der Waals surface area contributed by atoms with Crippen LogP contribution in [0.25, 0.3) is 11.0 Å². The molecule has 150 valence electrons. The van der Waals surface area contributed by atoms with Gasteiger partial charge in [-0.05, 0) is 47.7 Å². The summed E-state index contributed by atoms with van der Waals surface area (Å²) in [5.74, 6) is 2.01. The largest absolute Gasteiger partial charge is 0.323 e. The minimum absolute atomic E-state index is 0.241. The van der Waals surface area contributed by atoms with Crippen LogP contribution in [0.4, 0.5) is 11.6 Å². The van der Waals surface area contributed by atoms with E-state index in [0.29, 0.717) is 30.0 Å². The van der Waals surface area contributed by atoms with Gasteiger partial charge in [-0.25, -0.2) is 4.98 Å². The van der Waals surface area contributed by atoms with Crippen LogP contribution in [0.1, 0.15) is 43.2 Å². The Hall–Kier alpha value is -2.93. The molecule has 7 nitrogen and oxygen atoms in total. The molecule has 0 aromatic carbocycles. The number of halogens is 1. The third-order valence-corrected chi connectivity index (χ3v) is 4.68. The van der Waals surface area contributed by atoms with E-state index in [1.165, 1.54) is 6.21 Å². The molecule has 1 atom stereocenters. The van der Waals surface area contributed by atoms with Crippen molar-refractivity contribution >= 4 is 46.7 Å². The van der Waals surface area contributed by atoms with Crippen LogP contribution in [0.5, 0.6) is 0 Å². The highest BCUT2D eigenvalue weighted by molar-refractivity contribution is 6.17. The van der Waals surface area contributed by atoms with Gasteiger partial charge in [0.2, 0.25) is 0 Å². The maximum atomic E-state index is 7.71. The van der Waals surface area contributed by atoms with E-state index in [9.17, 15) is 0 Å². The molecular formula is C21H24ClN7. The van der Waals surface area contributed by atoms with Crippen LogP contribution in [-0.2, 0) is 0 Å². The highest BCUT2D eigenvalue weighted by Gasteiger charge is 2.09. The molecular weight excluding hydrogens is 386 g/mol. The number of fused-ring (bicyclic) bond motifs is 1. The molecule has 3 heterocycles. The Balaban J connectivity index is 1.84. The lowest BCUT2D eigenvalue weighted by molar-refractivity contribution is 0.843. The number of alkyl halides is 1. The standard InChI is InChI=1S/C21H24ClN7/c1-14(2)15-9-21(29-26-13-15)28-20-5-4-18-19(27-20)8-16(12-25-18)17(10-23)11-24-7-3-6-22/h4-5,8-14,17,23H,3,6-7H2,1-2H3,(H,27,28,29). The Kier molecular flexibility index (Phi) is 7.19. The third-order valence-electron chi connectivity index (χ3n) is 4.41. The number of pyridine rings is 2.